The molecule has 0 aliphatic heterocycles. The maximum atomic E-state index is 11.3. The van der Waals surface area contributed by atoms with E-state index in [-0.39, 0.29) is 5.78 Å². The number of ether oxygens (including phenoxy) is 2. The summed E-state index contributed by atoms with van der Waals surface area (Å²) < 4.78 is 10.9. The summed E-state index contributed by atoms with van der Waals surface area (Å²) in [6.07, 6.45) is 0. The Kier molecular flexibility index (Phi) is 4.91. The van der Waals surface area contributed by atoms with Crippen molar-refractivity contribution >= 4 is 17.1 Å². The van der Waals surface area contributed by atoms with Gasteiger partial charge in [-0.15, -0.1) is 11.3 Å². The van der Waals surface area contributed by atoms with Gasteiger partial charge in [0.15, 0.2) is 5.78 Å². The molecule has 122 valence electrons. The first-order valence-corrected chi connectivity index (χ1v) is 8.36. The molecular formula is C19H17NO3S. The molecule has 0 aliphatic rings. The fourth-order valence-electron chi connectivity index (χ4n) is 2.18. The number of benzene rings is 2. The van der Waals surface area contributed by atoms with Crippen LogP contribution < -0.4 is 9.47 Å². The van der Waals surface area contributed by atoms with E-state index in [1.165, 1.54) is 0 Å². The molecule has 4 nitrogen and oxygen atoms in total. The van der Waals surface area contributed by atoms with Gasteiger partial charge in [0.05, 0.1) is 12.8 Å². The topological polar surface area (TPSA) is 48.4 Å². The number of aromatic nitrogens is 1. The smallest absolute Gasteiger partial charge is 0.159 e. The lowest BCUT2D eigenvalue weighted by atomic mass is 10.1. The Morgan fingerprint density at radius 3 is 2.33 bits per heavy atom. The number of thiazole rings is 1. The van der Waals surface area contributed by atoms with Gasteiger partial charge < -0.3 is 9.47 Å². The molecule has 0 saturated heterocycles. The quantitative estimate of drug-likeness (QED) is 0.616. The van der Waals surface area contributed by atoms with E-state index in [0.717, 1.165) is 27.8 Å². The van der Waals surface area contributed by atoms with Crippen molar-refractivity contribution in [2.45, 2.75) is 13.5 Å². The normalized spacial score (nSPS) is 10.4. The fourth-order valence-corrected chi connectivity index (χ4v) is 2.99. The lowest BCUT2D eigenvalue weighted by Crippen LogP contribution is -1.97. The van der Waals surface area contributed by atoms with Crippen LogP contribution in [0.25, 0.3) is 10.6 Å². The Bertz CT molecular complexity index is 823. The molecule has 2 aromatic carbocycles. The number of nitrogens with zero attached hydrogens (tertiary/aromatic N) is 1. The molecule has 0 atom stereocenters. The van der Waals surface area contributed by atoms with Crippen LogP contribution in [0.3, 0.4) is 0 Å². The van der Waals surface area contributed by atoms with Crippen molar-refractivity contribution in [2.75, 3.05) is 7.11 Å². The number of hydrogen-bond donors (Lipinski definition) is 0. The van der Waals surface area contributed by atoms with Gasteiger partial charge in [0.2, 0.25) is 0 Å². The zero-order chi connectivity index (χ0) is 16.9. The monoisotopic (exact) mass is 339 g/mol. The van der Waals surface area contributed by atoms with E-state index in [4.69, 9.17) is 9.47 Å². The van der Waals surface area contributed by atoms with Crippen LogP contribution in [0, 0.1) is 0 Å². The zero-order valence-electron chi connectivity index (χ0n) is 13.5. The Balaban J connectivity index is 1.64. The number of carbonyl (C=O) groups excluding carboxylic acids is 1. The fraction of sp³-hybridized carbons (Fsp3) is 0.158. The Labute approximate surface area is 144 Å². The molecule has 3 aromatic rings. The van der Waals surface area contributed by atoms with Gasteiger partial charge in [0.1, 0.15) is 23.1 Å². The highest BCUT2D eigenvalue weighted by molar-refractivity contribution is 7.13. The summed E-state index contributed by atoms with van der Waals surface area (Å²) in [5.41, 5.74) is 2.61. The van der Waals surface area contributed by atoms with Crippen LogP contribution in [0.5, 0.6) is 11.5 Å². The van der Waals surface area contributed by atoms with Crippen LogP contribution >= 0.6 is 11.3 Å². The van der Waals surface area contributed by atoms with Crippen molar-refractivity contribution < 1.29 is 14.3 Å². The molecule has 0 amide bonds. The minimum Gasteiger partial charge on any atom is -0.497 e. The minimum absolute atomic E-state index is 0.0465. The number of rotatable bonds is 6. The molecule has 3 rings (SSSR count). The number of carbonyl (C=O) groups is 1. The molecular weight excluding hydrogens is 322 g/mol. The van der Waals surface area contributed by atoms with E-state index in [1.54, 1.807) is 49.6 Å². The van der Waals surface area contributed by atoms with Gasteiger partial charge in [0, 0.05) is 16.5 Å². The summed E-state index contributed by atoms with van der Waals surface area (Å²) in [6, 6.07) is 14.9. The van der Waals surface area contributed by atoms with E-state index in [0.29, 0.717) is 12.2 Å². The first-order chi connectivity index (χ1) is 11.7. The molecule has 1 heterocycles. The molecule has 0 unspecified atom stereocenters. The first kappa shape index (κ1) is 16.2. The van der Waals surface area contributed by atoms with Crippen LogP contribution in [0.2, 0.25) is 0 Å². The van der Waals surface area contributed by atoms with E-state index in [1.807, 2.05) is 29.6 Å². The summed E-state index contributed by atoms with van der Waals surface area (Å²) in [4.78, 5) is 15.9. The van der Waals surface area contributed by atoms with Gasteiger partial charge >= 0.3 is 0 Å². The molecule has 5 heteroatoms. The molecule has 0 radical (unpaired) electrons. The third kappa shape index (κ3) is 3.81. The van der Waals surface area contributed by atoms with Crippen molar-refractivity contribution in [3.63, 3.8) is 0 Å². The second-order valence-electron chi connectivity index (χ2n) is 5.24. The van der Waals surface area contributed by atoms with Crippen molar-refractivity contribution in [2.24, 2.45) is 0 Å². The highest BCUT2D eigenvalue weighted by atomic mass is 32.1. The van der Waals surface area contributed by atoms with Crippen LogP contribution in [-0.2, 0) is 6.61 Å². The third-order valence-corrected chi connectivity index (χ3v) is 4.48. The largest absolute Gasteiger partial charge is 0.497 e. The van der Waals surface area contributed by atoms with E-state index in [9.17, 15) is 4.79 Å². The summed E-state index contributed by atoms with van der Waals surface area (Å²) in [7, 11) is 1.65. The minimum atomic E-state index is 0.0465. The van der Waals surface area contributed by atoms with Gasteiger partial charge in [-0.05, 0) is 55.5 Å². The maximum absolute atomic E-state index is 11.3. The first-order valence-electron chi connectivity index (χ1n) is 7.48. The average Bonchev–Trinajstić information content (AvgIpc) is 3.09. The average molecular weight is 339 g/mol. The van der Waals surface area contributed by atoms with E-state index in [2.05, 4.69) is 4.98 Å². The van der Waals surface area contributed by atoms with Gasteiger partial charge in [-0.2, -0.15) is 0 Å². The molecule has 1 aromatic heterocycles. The second-order valence-corrected chi connectivity index (χ2v) is 6.10. The predicted molar refractivity (Wildman–Crippen MR) is 94.9 cm³/mol. The van der Waals surface area contributed by atoms with Crippen molar-refractivity contribution in [3.8, 4) is 22.1 Å². The van der Waals surface area contributed by atoms with Crippen molar-refractivity contribution in [1.29, 1.82) is 0 Å². The second kappa shape index (κ2) is 7.27. The highest BCUT2D eigenvalue weighted by Gasteiger charge is 2.06. The standard InChI is InChI=1S/C19H17NO3S/c1-13(21)14-3-9-18(10-4-14)23-11-16-12-24-19(20-16)15-5-7-17(22-2)8-6-15/h3-10,12H,11H2,1-2H3. The highest BCUT2D eigenvalue weighted by Crippen LogP contribution is 2.26. The Morgan fingerprint density at radius 2 is 1.71 bits per heavy atom. The van der Waals surface area contributed by atoms with Crippen molar-refractivity contribution in [1.82, 2.24) is 4.98 Å². The third-order valence-electron chi connectivity index (χ3n) is 3.54. The summed E-state index contributed by atoms with van der Waals surface area (Å²) >= 11 is 1.58. The zero-order valence-corrected chi connectivity index (χ0v) is 14.3. The van der Waals surface area contributed by atoms with E-state index >= 15 is 0 Å². The molecule has 0 fully saturated rings. The van der Waals surface area contributed by atoms with E-state index < -0.39 is 0 Å². The van der Waals surface area contributed by atoms with Crippen molar-refractivity contribution in [3.05, 3.63) is 65.2 Å². The molecule has 0 N–H and O–H groups in total. The number of methoxy groups -OCH3 is 1. The summed E-state index contributed by atoms with van der Waals surface area (Å²) in [6.45, 7) is 1.94. The summed E-state index contributed by atoms with van der Waals surface area (Å²) in [5.74, 6) is 1.59. The SMILES string of the molecule is COc1ccc(-c2nc(COc3ccc(C(C)=O)cc3)cs2)cc1. The Hall–Kier alpha value is -2.66. The molecule has 24 heavy (non-hydrogen) atoms. The summed E-state index contributed by atoms with van der Waals surface area (Å²) in [5, 5.41) is 2.94. The Morgan fingerprint density at radius 1 is 1.04 bits per heavy atom. The maximum Gasteiger partial charge on any atom is 0.159 e. The van der Waals surface area contributed by atoms with Crippen LogP contribution in [-0.4, -0.2) is 17.9 Å². The number of Topliss-reactive ketones (excluding diaryl/α,β-unsaturated/α-hetero) is 1. The molecule has 0 saturated carbocycles. The van der Waals surface area contributed by atoms with Gasteiger partial charge in [-0.25, -0.2) is 4.98 Å². The number of ketones is 1. The lowest BCUT2D eigenvalue weighted by molar-refractivity contribution is 0.101. The molecule has 0 aliphatic carbocycles. The van der Waals surface area contributed by atoms with Crippen LogP contribution in [0.4, 0.5) is 0 Å². The lowest BCUT2D eigenvalue weighted by Gasteiger charge is -2.04. The molecule has 0 bridgehead atoms. The van der Waals surface area contributed by atoms with Gasteiger partial charge in [-0.1, -0.05) is 0 Å². The van der Waals surface area contributed by atoms with Gasteiger partial charge in [0.25, 0.3) is 0 Å². The predicted octanol–water partition coefficient (Wildman–Crippen LogP) is 4.60. The number of hydrogen-bond acceptors (Lipinski definition) is 5. The van der Waals surface area contributed by atoms with Crippen LogP contribution in [0.1, 0.15) is 23.0 Å². The van der Waals surface area contributed by atoms with Crippen LogP contribution in [0.15, 0.2) is 53.9 Å². The molecule has 0 spiro atoms. The van der Waals surface area contributed by atoms with Gasteiger partial charge in [-0.3, -0.25) is 4.79 Å².